The van der Waals surface area contributed by atoms with E-state index in [4.69, 9.17) is 9.26 Å². The number of ether oxygens (including phenoxy) is 1. The summed E-state index contributed by atoms with van der Waals surface area (Å²) in [6.07, 6.45) is 0.996. The highest BCUT2D eigenvalue weighted by molar-refractivity contribution is 5.96. The third kappa shape index (κ3) is 5.34. The summed E-state index contributed by atoms with van der Waals surface area (Å²) in [6, 6.07) is 15.0. The van der Waals surface area contributed by atoms with Crippen molar-refractivity contribution in [1.82, 2.24) is 20.8 Å². The van der Waals surface area contributed by atoms with Gasteiger partial charge < -0.3 is 19.9 Å². The van der Waals surface area contributed by atoms with Crippen molar-refractivity contribution in [3.63, 3.8) is 0 Å². The second-order valence-corrected chi connectivity index (χ2v) is 8.78. The molecule has 2 N–H and O–H groups in total. The number of nitrogens with one attached hydrogen (secondary N) is 2. The Balaban J connectivity index is 1.55. The van der Waals surface area contributed by atoms with Crippen LogP contribution < -0.4 is 10.6 Å². The Hall–Kier alpha value is -3.52. The van der Waals surface area contributed by atoms with Crippen molar-refractivity contribution in [3.05, 3.63) is 71.1 Å². The average Bonchev–Trinajstić information content (AvgIpc) is 3.47. The van der Waals surface area contributed by atoms with Gasteiger partial charge in [-0.1, -0.05) is 53.2 Å². The number of benzene rings is 2. The second kappa shape index (κ2) is 10.6. The Morgan fingerprint density at radius 3 is 2.65 bits per heavy atom. The lowest BCUT2D eigenvalue weighted by atomic mass is 10.0. The van der Waals surface area contributed by atoms with E-state index in [0.29, 0.717) is 43.3 Å². The number of carbonyl (C=O) groups excluding carboxylic acids is 2. The molecule has 1 heterocycles. The van der Waals surface area contributed by atoms with Gasteiger partial charge in [0, 0.05) is 36.7 Å². The molecule has 1 aromatic heterocycles. The van der Waals surface area contributed by atoms with E-state index in [-0.39, 0.29) is 29.7 Å². The molecule has 8 heteroatoms. The van der Waals surface area contributed by atoms with E-state index in [0.717, 1.165) is 16.7 Å². The molecule has 0 saturated heterocycles. The topological polar surface area (TPSA) is 106 Å². The van der Waals surface area contributed by atoms with Crippen LogP contribution in [0.1, 0.15) is 46.1 Å². The van der Waals surface area contributed by atoms with Crippen LogP contribution in [0, 0.1) is 19.8 Å². The Morgan fingerprint density at radius 1 is 1.12 bits per heavy atom. The number of methoxy groups -OCH3 is 1. The maximum atomic E-state index is 13.1. The summed E-state index contributed by atoms with van der Waals surface area (Å²) in [6.45, 7) is 4.80. The molecule has 0 bridgehead atoms. The van der Waals surface area contributed by atoms with E-state index >= 15 is 0 Å². The van der Waals surface area contributed by atoms with Gasteiger partial charge >= 0.3 is 0 Å². The van der Waals surface area contributed by atoms with Crippen LogP contribution in [-0.4, -0.2) is 48.3 Å². The number of aryl methyl sites for hydroxylation is 2. The minimum absolute atomic E-state index is 0.0619. The molecule has 0 spiro atoms. The van der Waals surface area contributed by atoms with Crippen LogP contribution in [-0.2, 0) is 9.53 Å². The summed E-state index contributed by atoms with van der Waals surface area (Å²) >= 11 is 0. The van der Waals surface area contributed by atoms with Crippen LogP contribution in [0.4, 0.5) is 0 Å². The molecular formula is C26H30N4O4. The zero-order valence-electron chi connectivity index (χ0n) is 19.7. The van der Waals surface area contributed by atoms with Gasteiger partial charge in [0.1, 0.15) is 0 Å². The fourth-order valence-electron chi connectivity index (χ4n) is 4.51. The molecular weight excluding hydrogens is 432 g/mol. The van der Waals surface area contributed by atoms with Crippen molar-refractivity contribution in [2.24, 2.45) is 5.92 Å². The van der Waals surface area contributed by atoms with E-state index < -0.39 is 0 Å². The van der Waals surface area contributed by atoms with Gasteiger partial charge in [0.25, 0.3) is 5.91 Å². The Bertz CT molecular complexity index is 1140. The molecule has 0 radical (unpaired) electrons. The lowest BCUT2D eigenvalue weighted by molar-refractivity contribution is -0.125. The molecule has 178 valence electrons. The van der Waals surface area contributed by atoms with Crippen molar-refractivity contribution in [2.45, 2.75) is 38.6 Å². The molecule has 1 saturated carbocycles. The number of rotatable bonds is 8. The second-order valence-electron chi connectivity index (χ2n) is 8.78. The van der Waals surface area contributed by atoms with Gasteiger partial charge in [0.15, 0.2) is 0 Å². The first-order valence-corrected chi connectivity index (χ1v) is 11.5. The van der Waals surface area contributed by atoms with Gasteiger partial charge in [0.05, 0.1) is 12.5 Å². The molecule has 4 rings (SSSR count). The lowest BCUT2D eigenvalue weighted by Gasteiger charge is -2.19. The van der Waals surface area contributed by atoms with Gasteiger partial charge in [0.2, 0.25) is 17.6 Å². The first kappa shape index (κ1) is 23.6. The summed E-state index contributed by atoms with van der Waals surface area (Å²) in [4.78, 5) is 30.5. The molecule has 1 aliphatic carbocycles. The monoisotopic (exact) mass is 462 g/mol. The van der Waals surface area contributed by atoms with Crippen molar-refractivity contribution in [1.29, 1.82) is 0 Å². The van der Waals surface area contributed by atoms with Crippen LogP contribution in [0.25, 0.3) is 11.4 Å². The molecule has 3 aromatic rings. The molecule has 0 aliphatic heterocycles. The molecule has 2 aromatic carbocycles. The summed E-state index contributed by atoms with van der Waals surface area (Å²) < 4.78 is 10.6. The maximum absolute atomic E-state index is 13.1. The zero-order valence-corrected chi connectivity index (χ0v) is 19.7. The third-order valence-electron chi connectivity index (χ3n) is 6.27. The first-order valence-electron chi connectivity index (χ1n) is 11.5. The van der Waals surface area contributed by atoms with Crippen LogP contribution >= 0.6 is 0 Å². The minimum atomic E-state index is -0.310. The SMILES string of the molecule is COCCNC(=O)[C@H]1C[C@H](NC(=O)c2ccc(C)cc2C)[C@H](c2nc(-c3ccccc3)no2)C1. The largest absolute Gasteiger partial charge is 0.383 e. The minimum Gasteiger partial charge on any atom is -0.383 e. The Kier molecular flexibility index (Phi) is 7.37. The smallest absolute Gasteiger partial charge is 0.251 e. The molecule has 2 amide bonds. The van der Waals surface area contributed by atoms with Crippen LogP contribution in [0.2, 0.25) is 0 Å². The van der Waals surface area contributed by atoms with Crippen LogP contribution in [0.3, 0.4) is 0 Å². The fraction of sp³-hybridized carbons (Fsp3) is 0.385. The quantitative estimate of drug-likeness (QED) is 0.497. The molecule has 0 unspecified atom stereocenters. The third-order valence-corrected chi connectivity index (χ3v) is 6.27. The van der Waals surface area contributed by atoms with Crippen molar-refractivity contribution in [2.75, 3.05) is 20.3 Å². The van der Waals surface area contributed by atoms with Gasteiger partial charge in [-0.25, -0.2) is 0 Å². The van der Waals surface area contributed by atoms with Crippen molar-refractivity contribution >= 4 is 11.8 Å². The first-order chi connectivity index (χ1) is 16.5. The maximum Gasteiger partial charge on any atom is 0.251 e. The van der Waals surface area contributed by atoms with E-state index in [1.54, 1.807) is 7.11 Å². The van der Waals surface area contributed by atoms with Crippen molar-refractivity contribution < 1.29 is 18.8 Å². The van der Waals surface area contributed by atoms with E-state index in [9.17, 15) is 9.59 Å². The van der Waals surface area contributed by atoms with Gasteiger partial charge in [-0.05, 0) is 38.3 Å². The Labute approximate surface area is 199 Å². The number of hydrogen-bond donors (Lipinski definition) is 2. The average molecular weight is 463 g/mol. The zero-order chi connectivity index (χ0) is 24.1. The molecule has 1 fully saturated rings. The van der Waals surface area contributed by atoms with Crippen LogP contribution in [0.5, 0.6) is 0 Å². The Morgan fingerprint density at radius 2 is 1.91 bits per heavy atom. The molecule has 1 aliphatic rings. The standard InChI is InChI=1S/C26H30N4O4/c1-16-9-10-20(17(2)13-16)25(32)28-22-15-19(24(31)27-11-12-33-3)14-21(22)26-29-23(30-34-26)18-7-5-4-6-8-18/h4-10,13,19,21-22H,11-12,14-15H2,1-3H3,(H,27,31)(H,28,32)/t19-,21-,22+/m1/s1. The summed E-state index contributed by atoms with van der Waals surface area (Å²) in [7, 11) is 1.59. The lowest BCUT2D eigenvalue weighted by Crippen LogP contribution is -2.38. The normalized spacial score (nSPS) is 19.7. The predicted octanol–water partition coefficient (Wildman–Crippen LogP) is 3.41. The highest BCUT2D eigenvalue weighted by atomic mass is 16.5. The molecule has 34 heavy (non-hydrogen) atoms. The summed E-state index contributed by atoms with van der Waals surface area (Å²) in [5.41, 5.74) is 3.47. The van der Waals surface area contributed by atoms with Crippen LogP contribution in [0.15, 0.2) is 53.1 Å². The van der Waals surface area contributed by atoms with E-state index in [2.05, 4.69) is 20.8 Å². The van der Waals surface area contributed by atoms with E-state index in [1.165, 1.54) is 0 Å². The van der Waals surface area contributed by atoms with Gasteiger partial charge in [-0.15, -0.1) is 0 Å². The number of aromatic nitrogens is 2. The van der Waals surface area contributed by atoms with Gasteiger partial charge in [-0.3, -0.25) is 9.59 Å². The highest BCUT2D eigenvalue weighted by Gasteiger charge is 2.42. The highest BCUT2D eigenvalue weighted by Crippen LogP contribution is 2.39. The van der Waals surface area contributed by atoms with E-state index in [1.807, 2.05) is 62.4 Å². The molecule has 8 nitrogen and oxygen atoms in total. The predicted molar refractivity (Wildman–Crippen MR) is 127 cm³/mol. The number of carbonyl (C=O) groups is 2. The number of amides is 2. The fourth-order valence-corrected chi connectivity index (χ4v) is 4.51. The van der Waals surface area contributed by atoms with Gasteiger partial charge in [-0.2, -0.15) is 4.98 Å². The summed E-state index contributed by atoms with van der Waals surface area (Å²) in [5, 5.41) is 10.2. The number of nitrogens with zero attached hydrogens (tertiary/aromatic N) is 2. The van der Waals surface area contributed by atoms with Crippen molar-refractivity contribution in [3.8, 4) is 11.4 Å². The summed E-state index contributed by atoms with van der Waals surface area (Å²) in [5.74, 6) is 0.139. The molecule has 3 atom stereocenters. The number of hydrogen-bond acceptors (Lipinski definition) is 6.